The van der Waals surface area contributed by atoms with Crippen molar-refractivity contribution in [3.8, 4) is 5.88 Å². The van der Waals surface area contributed by atoms with Crippen molar-refractivity contribution in [2.75, 3.05) is 13.7 Å². The molecule has 0 saturated heterocycles. The Balaban J connectivity index is 2.22. The average Bonchev–Trinajstić information content (AvgIpc) is 2.39. The molecule has 0 aliphatic carbocycles. The summed E-state index contributed by atoms with van der Waals surface area (Å²) in [6.07, 6.45) is 4.42. The molecule has 0 saturated carbocycles. The average molecular weight is 220 g/mol. The second kappa shape index (κ2) is 4.74. The van der Waals surface area contributed by atoms with E-state index in [1.54, 1.807) is 0 Å². The van der Waals surface area contributed by atoms with Crippen molar-refractivity contribution in [2.24, 2.45) is 0 Å². The Labute approximate surface area is 93.1 Å². The summed E-state index contributed by atoms with van der Waals surface area (Å²) in [7, 11) is 1.50. The van der Waals surface area contributed by atoms with E-state index in [0.29, 0.717) is 23.8 Å². The van der Waals surface area contributed by atoms with Crippen LogP contribution in [0.2, 0.25) is 0 Å². The zero-order chi connectivity index (χ0) is 11.4. The van der Waals surface area contributed by atoms with Gasteiger partial charge in [0.1, 0.15) is 12.0 Å². The van der Waals surface area contributed by atoms with Gasteiger partial charge in [-0.05, 0) is 12.8 Å². The van der Waals surface area contributed by atoms with Gasteiger partial charge in [-0.25, -0.2) is 9.97 Å². The molecule has 0 aromatic carbocycles. The normalized spacial score (nSPS) is 14.9. The van der Waals surface area contributed by atoms with E-state index in [9.17, 15) is 4.79 Å². The van der Waals surface area contributed by atoms with Crippen LogP contribution >= 0.6 is 0 Å². The van der Waals surface area contributed by atoms with E-state index in [1.807, 2.05) is 0 Å². The summed E-state index contributed by atoms with van der Waals surface area (Å²) < 4.78 is 10.1. The fourth-order valence-corrected chi connectivity index (χ4v) is 1.47. The van der Waals surface area contributed by atoms with Gasteiger partial charge in [-0.1, -0.05) is 0 Å². The third-order valence-electron chi connectivity index (χ3n) is 2.31. The summed E-state index contributed by atoms with van der Waals surface area (Å²) >= 11 is 0. The van der Waals surface area contributed by atoms with Gasteiger partial charge < -0.3 is 9.47 Å². The molecule has 5 heteroatoms. The zero-order valence-corrected chi connectivity index (χ0v) is 8.97. The molecule has 1 aromatic heterocycles. The molecule has 16 heavy (non-hydrogen) atoms. The molecule has 0 amide bonds. The van der Waals surface area contributed by atoms with Crippen molar-refractivity contribution in [3.63, 3.8) is 0 Å². The maximum atomic E-state index is 12.0. The SMILES string of the molecule is COc1cc(C(=O)C2=COCCC2)ncn1. The lowest BCUT2D eigenvalue weighted by atomic mass is 10.0. The van der Waals surface area contributed by atoms with Gasteiger partial charge >= 0.3 is 0 Å². The minimum Gasteiger partial charge on any atom is -0.501 e. The quantitative estimate of drug-likeness (QED) is 0.720. The first kappa shape index (κ1) is 10.6. The fraction of sp³-hybridized carbons (Fsp3) is 0.364. The number of rotatable bonds is 3. The van der Waals surface area contributed by atoms with E-state index in [2.05, 4.69) is 9.97 Å². The first-order valence-electron chi connectivity index (χ1n) is 5.02. The van der Waals surface area contributed by atoms with Crippen molar-refractivity contribution in [2.45, 2.75) is 12.8 Å². The molecular weight excluding hydrogens is 208 g/mol. The number of carbonyl (C=O) groups excluding carboxylic acids is 1. The molecule has 1 aliphatic heterocycles. The highest BCUT2D eigenvalue weighted by Gasteiger charge is 2.17. The molecule has 0 N–H and O–H groups in total. The van der Waals surface area contributed by atoms with Gasteiger partial charge in [0.05, 0.1) is 20.0 Å². The molecule has 0 spiro atoms. The van der Waals surface area contributed by atoms with Crippen LogP contribution in [0.15, 0.2) is 24.2 Å². The van der Waals surface area contributed by atoms with E-state index in [0.717, 1.165) is 12.8 Å². The smallest absolute Gasteiger partial charge is 0.216 e. The van der Waals surface area contributed by atoms with Crippen molar-refractivity contribution in [1.29, 1.82) is 0 Å². The highest BCUT2D eigenvalue weighted by atomic mass is 16.5. The van der Waals surface area contributed by atoms with Crippen LogP contribution in [0.4, 0.5) is 0 Å². The Morgan fingerprint density at radius 2 is 2.38 bits per heavy atom. The number of hydrogen-bond donors (Lipinski definition) is 0. The van der Waals surface area contributed by atoms with Crippen LogP contribution in [0.25, 0.3) is 0 Å². The first-order valence-corrected chi connectivity index (χ1v) is 5.02. The zero-order valence-electron chi connectivity index (χ0n) is 8.97. The van der Waals surface area contributed by atoms with E-state index in [4.69, 9.17) is 9.47 Å². The Hall–Kier alpha value is -1.91. The third-order valence-corrected chi connectivity index (χ3v) is 2.31. The van der Waals surface area contributed by atoms with E-state index in [-0.39, 0.29) is 5.78 Å². The number of methoxy groups -OCH3 is 1. The summed E-state index contributed by atoms with van der Waals surface area (Å²) in [5.74, 6) is 0.260. The predicted octanol–water partition coefficient (Wildman–Crippen LogP) is 1.36. The minimum atomic E-state index is -0.125. The van der Waals surface area contributed by atoms with Crippen molar-refractivity contribution in [3.05, 3.63) is 29.9 Å². The summed E-state index contributed by atoms with van der Waals surface area (Å²) in [4.78, 5) is 19.7. The van der Waals surface area contributed by atoms with Crippen LogP contribution < -0.4 is 4.74 Å². The van der Waals surface area contributed by atoms with Gasteiger partial charge in [-0.15, -0.1) is 0 Å². The Kier molecular flexibility index (Phi) is 3.14. The number of carbonyl (C=O) groups is 1. The molecule has 2 heterocycles. The fourth-order valence-electron chi connectivity index (χ4n) is 1.47. The predicted molar refractivity (Wildman–Crippen MR) is 56.2 cm³/mol. The topological polar surface area (TPSA) is 61.3 Å². The maximum Gasteiger partial charge on any atom is 0.216 e. The number of aromatic nitrogens is 2. The summed E-state index contributed by atoms with van der Waals surface area (Å²) in [6, 6.07) is 1.53. The monoisotopic (exact) mass is 220 g/mol. The minimum absolute atomic E-state index is 0.125. The molecule has 2 rings (SSSR count). The molecule has 5 nitrogen and oxygen atoms in total. The van der Waals surface area contributed by atoms with E-state index < -0.39 is 0 Å². The van der Waals surface area contributed by atoms with Crippen molar-refractivity contribution < 1.29 is 14.3 Å². The van der Waals surface area contributed by atoms with Gasteiger partial charge in [-0.3, -0.25) is 4.79 Å². The number of allylic oxidation sites excluding steroid dienone is 1. The Morgan fingerprint density at radius 1 is 1.50 bits per heavy atom. The largest absolute Gasteiger partial charge is 0.501 e. The van der Waals surface area contributed by atoms with Gasteiger partial charge in [0, 0.05) is 11.6 Å². The molecule has 0 fully saturated rings. The molecular formula is C11H12N2O3. The molecule has 0 radical (unpaired) electrons. The maximum absolute atomic E-state index is 12.0. The summed E-state index contributed by atoms with van der Waals surface area (Å²) in [6.45, 7) is 0.671. The number of ether oxygens (including phenoxy) is 2. The highest BCUT2D eigenvalue weighted by Crippen LogP contribution is 2.17. The lowest BCUT2D eigenvalue weighted by molar-refractivity contribution is 0.100. The van der Waals surface area contributed by atoms with Gasteiger partial charge in [0.25, 0.3) is 0 Å². The molecule has 0 atom stereocenters. The molecule has 1 aromatic rings. The van der Waals surface area contributed by atoms with Crippen LogP contribution in [0, 0.1) is 0 Å². The standard InChI is InChI=1S/C11H12N2O3/c1-15-10-5-9(12-7-13-10)11(14)8-3-2-4-16-6-8/h5-7H,2-4H2,1H3. The van der Waals surface area contributed by atoms with Gasteiger partial charge in [0.15, 0.2) is 0 Å². The van der Waals surface area contributed by atoms with Crippen LogP contribution in [0.3, 0.4) is 0 Å². The number of Topliss-reactive ketones (excluding diaryl/α,β-unsaturated/α-hetero) is 1. The molecule has 0 unspecified atom stereocenters. The Bertz CT molecular complexity index is 429. The van der Waals surface area contributed by atoms with Crippen molar-refractivity contribution >= 4 is 5.78 Å². The number of hydrogen-bond acceptors (Lipinski definition) is 5. The van der Waals surface area contributed by atoms with Crippen LogP contribution in [0.1, 0.15) is 23.3 Å². The van der Waals surface area contributed by atoms with Crippen LogP contribution in [0.5, 0.6) is 5.88 Å². The van der Waals surface area contributed by atoms with E-state index >= 15 is 0 Å². The molecule has 1 aliphatic rings. The molecule has 84 valence electrons. The van der Waals surface area contributed by atoms with Crippen LogP contribution in [-0.2, 0) is 4.74 Å². The third kappa shape index (κ3) is 2.18. The second-order valence-electron chi connectivity index (χ2n) is 3.39. The van der Waals surface area contributed by atoms with Gasteiger partial charge in [-0.2, -0.15) is 0 Å². The summed E-state index contributed by atoms with van der Waals surface area (Å²) in [5.41, 5.74) is 0.982. The lowest BCUT2D eigenvalue weighted by Gasteiger charge is -2.12. The van der Waals surface area contributed by atoms with E-state index in [1.165, 1.54) is 25.8 Å². The first-order chi connectivity index (χ1) is 7.81. The van der Waals surface area contributed by atoms with Crippen LogP contribution in [-0.4, -0.2) is 29.5 Å². The highest BCUT2D eigenvalue weighted by molar-refractivity contribution is 6.07. The number of nitrogens with zero attached hydrogens (tertiary/aromatic N) is 2. The Morgan fingerprint density at radius 3 is 3.06 bits per heavy atom. The second-order valence-corrected chi connectivity index (χ2v) is 3.39. The molecule has 0 bridgehead atoms. The van der Waals surface area contributed by atoms with Gasteiger partial charge in [0.2, 0.25) is 11.7 Å². The number of ketones is 1. The lowest BCUT2D eigenvalue weighted by Crippen LogP contribution is -2.11. The summed E-state index contributed by atoms with van der Waals surface area (Å²) in [5, 5.41) is 0. The van der Waals surface area contributed by atoms with Crippen molar-refractivity contribution in [1.82, 2.24) is 9.97 Å².